The summed E-state index contributed by atoms with van der Waals surface area (Å²) in [6.45, 7) is 8.62. The van der Waals surface area contributed by atoms with Crippen LogP contribution in [0.3, 0.4) is 0 Å². The van der Waals surface area contributed by atoms with Crippen molar-refractivity contribution < 1.29 is 14.3 Å². The lowest BCUT2D eigenvalue weighted by atomic mass is 10.1. The van der Waals surface area contributed by atoms with Crippen LogP contribution in [-0.2, 0) is 14.3 Å². The molecule has 0 spiro atoms. The van der Waals surface area contributed by atoms with Crippen molar-refractivity contribution in [2.24, 2.45) is 9.98 Å². The molecule has 0 aromatic rings. The van der Waals surface area contributed by atoms with Gasteiger partial charge in [0, 0.05) is 25.9 Å². The molecule has 0 saturated heterocycles. The highest BCUT2D eigenvalue weighted by atomic mass is 16.6. The van der Waals surface area contributed by atoms with Crippen molar-refractivity contribution in [1.29, 1.82) is 0 Å². The van der Waals surface area contributed by atoms with E-state index in [0.717, 1.165) is 0 Å². The topological polar surface area (TPSA) is 68.1 Å². The van der Waals surface area contributed by atoms with E-state index >= 15 is 0 Å². The van der Waals surface area contributed by atoms with E-state index in [2.05, 4.69) is 16.7 Å². The molecule has 0 saturated carbocycles. The van der Waals surface area contributed by atoms with E-state index in [1.165, 1.54) is 12.4 Å². The minimum absolute atomic E-state index is 0.0438. The quantitative estimate of drug-likeness (QED) is 0.412. The van der Waals surface area contributed by atoms with Gasteiger partial charge in [0.05, 0.1) is 12.0 Å². The van der Waals surface area contributed by atoms with Crippen molar-refractivity contribution in [3.05, 3.63) is 11.8 Å². The minimum atomic E-state index is -0.535. The van der Waals surface area contributed by atoms with Gasteiger partial charge in [-0.1, -0.05) is 0 Å². The van der Waals surface area contributed by atoms with Gasteiger partial charge in [-0.15, -0.1) is 0 Å². The zero-order valence-electron chi connectivity index (χ0n) is 11.4. The Kier molecular flexibility index (Phi) is 6.78. The highest BCUT2D eigenvalue weighted by Gasteiger charge is 2.17. The fraction of sp³-hybridized carbons (Fsp3) is 0.538. The monoisotopic (exact) mass is 252 g/mol. The van der Waals surface area contributed by atoms with Crippen LogP contribution in [0.4, 0.5) is 0 Å². The first-order valence-corrected chi connectivity index (χ1v) is 5.63. The summed E-state index contributed by atoms with van der Waals surface area (Å²) >= 11 is 0. The van der Waals surface area contributed by atoms with E-state index in [1.807, 2.05) is 0 Å². The third kappa shape index (κ3) is 7.49. The zero-order valence-corrected chi connectivity index (χ0v) is 11.4. The van der Waals surface area contributed by atoms with Crippen LogP contribution in [0.5, 0.6) is 0 Å². The van der Waals surface area contributed by atoms with Crippen LogP contribution in [-0.4, -0.2) is 37.3 Å². The van der Waals surface area contributed by atoms with Crippen LogP contribution in [0.15, 0.2) is 21.8 Å². The molecule has 0 aliphatic heterocycles. The van der Waals surface area contributed by atoms with E-state index in [1.54, 1.807) is 27.8 Å². The smallest absolute Gasteiger partial charge is 0.306 e. The van der Waals surface area contributed by atoms with Gasteiger partial charge >= 0.3 is 5.97 Å². The maximum absolute atomic E-state index is 11.7. The van der Waals surface area contributed by atoms with Gasteiger partial charge in [-0.05, 0) is 27.5 Å². The first kappa shape index (κ1) is 16.2. The average molecular weight is 252 g/mol. The number of carbonyl (C=O) groups is 2. The van der Waals surface area contributed by atoms with E-state index in [9.17, 15) is 9.59 Å². The molecule has 0 bridgehead atoms. The minimum Gasteiger partial charge on any atom is -0.460 e. The Morgan fingerprint density at radius 3 is 2.33 bits per heavy atom. The summed E-state index contributed by atoms with van der Waals surface area (Å²) in [7, 11) is 1.55. The summed E-state index contributed by atoms with van der Waals surface area (Å²) in [5.74, 6) is -0.603. The first-order valence-electron chi connectivity index (χ1n) is 5.63. The van der Waals surface area contributed by atoms with Gasteiger partial charge in [0.1, 0.15) is 5.60 Å². The summed E-state index contributed by atoms with van der Waals surface area (Å²) in [6.07, 6.45) is 2.83. The number of allylic oxidation sites excluding steroid dienone is 1. The molecular formula is C13H20N2O3. The van der Waals surface area contributed by atoms with E-state index < -0.39 is 11.6 Å². The molecule has 0 aromatic heterocycles. The Hall–Kier alpha value is -1.78. The van der Waals surface area contributed by atoms with Crippen molar-refractivity contribution in [3.63, 3.8) is 0 Å². The molecule has 0 aromatic carbocycles. The number of nitrogens with zero attached hydrogens (tertiary/aromatic N) is 2. The summed E-state index contributed by atoms with van der Waals surface area (Å²) in [4.78, 5) is 30.4. The molecule has 18 heavy (non-hydrogen) atoms. The maximum atomic E-state index is 11.7. The summed E-state index contributed by atoms with van der Waals surface area (Å²) in [6, 6.07) is 0. The lowest BCUT2D eigenvalue weighted by Crippen LogP contribution is -2.24. The Morgan fingerprint density at radius 1 is 1.28 bits per heavy atom. The number of rotatable bonds is 6. The van der Waals surface area contributed by atoms with Gasteiger partial charge in [0.15, 0.2) is 5.78 Å². The largest absolute Gasteiger partial charge is 0.460 e. The number of hydrogen-bond acceptors (Lipinski definition) is 5. The van der Waals surface area contributed by atoms with E-state index in [-0.39, 0.29) is 18.6 Å². The molecule has 0 aliphatic rings. The number of ketones is 1. The second kappa shape index (κ2) is 7.53. The first-order chi connectivity index (χ1) is 8.30. The molecule has 0 N–H and O–H groups in total. The molecule has 0 heterocycles. The number of ether oxygens (including phenoxy) is 1. The standard InChI is InChI=1S/C13H20N2O3/c1-13(2,3)18-12(17)7-6-11(16)10(8-14-4)9-15-5/h8-9H,4,6-7H2,1-3,5H3/b10-8+,15-9-. The number of aliphatic imine (C=N–C) groups is 2. The van der Waals surface area contributed by atoms with Crippen LogP contribution >= 0.6 is 0 Å². The zero-order chi connectivity index (χ0) is 14.2. The van der Waals surface area contributed by atoms with Gasteiger partial charge in [-0.3, -0.25) is 19.6 Å². The Balaban J connectivity index is 4.37. The highest BCUT2D eigenvalue weighted by molar-refractivity contribution is 6.13. The number of carbonyl (C=O) groups excluding carboxylic acids is 2. The lowest BCUT2D eigenvalue weighted by Gasteiger charge is -2.19. The van der Waals surface area contributed by atoms with Crippen molar-refractivity contribution in [1.82, 2.24) is 0 Å². The van der Waals surface area contributed by atoms with Crippen molar-refractivity contribution in [2.75, 3.05) is 7.05 Å². The van der Waals surface area contributed by atoms with Gasteiger partial charge in [0.25, 0.3) is 0 Å². The SMILES string of the molecule is C=N/C=C(\C=N/C)C(=O)CCC(=O)OC(C)(C)C. The van der Waals surface area contributed by atoms with Crippen LogP contribution in [0.1, 0.15) is 33.6 Å². The maximum Gasteiger partial charge on any atom is 0.306 e. The number of hydrogen-bond donors (Lipinski definition) is 0. The van der Waals surface area contributed by atoms with Crippen molar-refractivity contribution in [3.8, 4) is 0 Å². The Bertz CT molecular complexity index is 376. The Morgan fingerprint density at radius 2 is 1.89 bits per heavy atom. The predicted molar refractivity (Wildman–Crippen MR) is 72.1 cm³/mol. The Labute approximate surface area is 108 Å². The number of Topliss-reactive ketones (excluding diaryl/α,β-unsaturated/α-hetero) is 1. The van der Waals surface area contributed by atoms with Crippen molar-refractivity contribution in [2.45, 2.75) is 39.2 Å². The third-order valence-corrected chi connectivity index (χ3v) is 1.80. The van der Waals surface area contributed by atoms with Gasteiger partial charge < -0.3 is 4.74 Å². The molecule has 100 valence electrons. The molecule has 5 heteroatoms. The third-order valence-electron chi connectivity index (χ3n) is 1.80. The summed E-state index contributed by atoms with van der Waals surface area (Å²) in [5.41, 5.74) is -0.206. The molecule has 5 nitrogen and oxygen atoms in total. The lowest BCUT2D eigenvalue weighted by molar-refractivity contribution is -0.155. The molecule has 0 amide bonds. The fourth-order valence-corrected chi connectivity index (χ4v) is 1.17. The molecule has 0 fully saturated rings. The second-order valence-electron chi connectivity index (χ2n) is 4.66. The molecule has 0 unspecified atom stereocenters. The van der Waals surface area contributed by atoms with Crippen LogP contribution in [0, 0.1) is 0 Å². The highest BCUT2D eigenvalue weighted by Crippen LogP contribution is 2.10. The van der Waals surface area contributed by atoms with E-state index in [0.29, 0.717) is 5.57 Å². The van der Waals surface area contributed by atoms with Crippen LogP contribution in [0.25, 0.3) is 0 Å². The summed E-state index contributed by atoms with van der Waals surface area (Å²) in [5, 5.41) is 0. The molecular weight excluding hydrogens is 232 g/mol. The van der Waals surface area contributed by atoms with Crippen LogP contribution in [0.2, 0.25) is 0 Å². The van der Waals surface area contributed by atoms with Gasteiger partial charge in [0.2, 0.25) is 0 Å². The average Bonchev–Trinajstić information content (AvgIpc) is 2.23. The summed E-state index contributed by atoms with van der Waals surface area (Å²) < 4.78 is 5.11. The van der Waals surface area contributed by atoms with Crippen LogP contribution < -0.4 is 0 Å². The second-order valence-corrected chi connectivity index (χ2v) is 4.66. The molecule has 0 radical (unpaired) electrons. The predicted octanol–water partition coefficient (Wildman–Crippen LogP) is 1.96. The van der Waals surface area contributed by atoms with Crippen molar-refractivity contribution >= 4 is 24.7 Å². The van der Waals surface area contributed by atoms with E-state index in [4.69, 9.17) is 4.74 Å². The number of esters is 1. The molecule has 0 rings (SSSR count). The van der Waals surface area contributed by atoms with Gasteiger partial charge in [-0.25, -0.2) is 0 Å². The normalized spacial score (nSPS) is 12.6. The fourth-order valence-electron chi connectivity index (χ4n) is 1.17. The molecule has 0 atom stereocenters. The molecule has 0 aliphatic carbocycles. The van der Waals surface area contributed by atoms with Gasteiger partial charge in [-0.2, -0.15) is 0 Å².